The number of nitriles is 1. The van der Waals surface area contributed by atoms with Crippen molar-refractivity contribution in [1.29, 1.82) is 5.26 Å². The van der Waals surface area contributed by atoms with Gasteiger partial charge in [-0.3, -0.25) is 0 Å². The summed E-state index contributed by atoms with van der Waals surface area (Å²) in [6.45, 7) is 7.18. The molecule has 21 heavy (non-hydrogen) atoms. The van der Waals surface area contributed by atoms with E-state index in [2.05, 4.69) is 49.6 Å². The molecule has 3 nitrogen and oxygen atoms in total. The quantitative estimate of drug-likeness (QED) is 0.703. The summed E-state index contributed by atoms with van der Waals surface area (Å²) in [4.78, 5) is 4.76. The maximum Gasteiger partial charge on any atom is 0.141 e. The minimum absolute atomic E-state index is 0.649. The van der Waals surface area contributed by atoms with Gasteiger partial charge in [0.2, 0.25) is 0 Å². The standard InChI is InChI=1S/C18H17N3/c1-4-21-17-8-6-14(11-19)10-16(17)20-18(21)15-7-5-12(2)9-13(15)3/h5-10H,4H2,1-3H3. The van der Waals surface area contributed by atoms with Gasteiger partial charge in [-0.05, 0) is 44.5 Å². The summed E-state index contributed by atoms with van der Waals surface area (Å²) >= 11 is 0. The van der Waals surface area contributed by atoms with Crippen molar-refractivity contribution < 1.29 is 0 Å². The minimum atomic E-state index is 0.649. The maximum atomic E-state index is 9.04. The van der Waals surface area contributed by atoms with Crippen LogP contribution in [0.1, 0.15) is 23.6 Å². The Bertz CT molecular complexity index is 866. The third kappa shape index (κ3) is 2.19. The molecule has 0 saturated carbocycles. The van der Waals surface area contributed by atoms with Gasteiger partial charge in [0, 0.05) is 12.1 Å². The van der Waals surface area contributed by atoms with Gasteiger partial charge < -0.3 is 4.57 Å². The third-order valence-corrected chi connectivity index (χ3v) is 3.82. The number of benzene rings is 2. The van der Waals surface area contributed by atoms with Crippen LogP contribution in [-0.2, 0) is 6.54 Å². The average molecular weight is 275 g/mol. The highest BCUT2D eigenvalue weighted by Crippen LogP contribution is 2.28. The lowest BCUT2D eigenvalue weighted by Gasteiger charge is -2.09. The van der Waals surface area contributed by atoms with Gasteiger partial charge >= 0.3 is 0 Å². The van der Waals surface area contributed by atoms with E-state index in [0.29, 0.717) is 5.56 Å². The number of fused-ring (bicyclic) bond motifs is 1. The normalized spacial score (nSPS) is 10.8. The van der Waals surface area contributed by atoms with Gasteiger partial charge in [0.05, 0.1) is 22.7 Å². The highest BCUT2D eigenvalue weighted by Gasteiger charge is 2.13. The van der Waals surface area contributed by atoms with E-state index in [9.17, 15) is 0 Å². The number of aromatic nitrogens is 2. The molecule has 0 aliphatic rings. The molecule has 104 valence electrons. The maximum absolute atomic E-state index is 9.04. The number of hydrogen-bond donors (Lipinski definition) is 0. The first-order valence-electron chi connectivity index (χ1n) is 7.12. The highest BCUT2D eigenvalue weighted by atomic mass is 15.1. The fourth-order valence-corrected chi connectivity index (χ4v) is 2.79. The van der Waals surface area contributed by atoms with E-state index < -0.39 is 0 Å². The summed E-state index contributed by atoms with van der Waals surface area (Å²) in [7, 11) is 0. The van der Waals surface area contributed by atoms with Crippen LogP contribution in [0.5, 0.6) is 0 Å². The Morgan fingerprint density at radius 3 is 2.62 bits per heavy atom. The number of nitrogens with zero attached hydrogens (tertiary/aromatic N) is 3. The molecule has 0 bridgehead atoms. The predicted octanol–water partition coefficient (Wildman–Crippen LogP) is 4.21. The van der Waals surface area contributed by atoms with Gasteiger partial charge in [-0.1, -0.05) is 23.8 Å². The Morgan fingerprint density at radius 2 is 1.95 bits per heavy atom. The SMILES string of the molecule is CCn1c(-c2ccc(C)cc2C)nc2cc(C#N)ccc21. The molecular weight excluding hydrogens is 258 g/mol. The van der Waals surface area contributed by atoms with Gasteiger partial charge in [0.15, 0.2) is 0 Å². The number of hydrogen-bond acceptors (Lipinski definition) is 2. The third-order valence-electron chi connectivity index (χ3n) is 3.82. The molecular formula is C18H17N3. The largest absolute Gasteiger partial charge is 0.324 e. The second-order valence-corrected chi connectivity index (χ2v) is 5.31. The lowest BCUT2D eigenvalue weighted by atomic mass is 10.1. The lowest BCUT2D eigenvalue weighted by molar-refractivity contribution is 0.795. The number of rotatable bonds is 2. The van der Waals surface area contributed by atoms with Crippen molar-refractivity contribution in [2.45, 2.75) is 27.3 Å². The second-order valence-electron chi connectivity index (χ2n) is 5.31. The molecule has 2 aromatic carbocycles. The average Bonchev–Trinajstić information content (AvgIpc) is 2.84. The van der Waals surface area contributed by atoms with Gasteiger partial charge in [-0.25, -0.2) is 4.98 Å². The van der Waals surface area contributed by atoms with Gasteiger partial charge in [-0.15, -0.1) is 0 Å². The molecule has 1 aromatic heterocycles. The molecule has 0 amide bonds. The van der Waals surface area contributed by atoms with E-state index in [0.717, 1.165) is 29.0 Å². The molecule has 0 atom stereocenters. The molecule has 0 saturated heterocycles. The zero-order chi connectivity index (χ0) is 15.0. The summed E-state index contributed by atoms with van der Waals surface area (Å²) in [5.41, 5.74) is 6.23. The summed E-state index contributed by atoms with van der Waals surface area (Å²) in [5.74, 6) is 0.972. The van der Waals surface area contributed by atoms with E-state index in [-0.39, 0.29) is 0 Å². The van der Waals surface area contributed by atoms with Crippen molar-refractivity contribution in [3.63, 3.8) is 0 Å². The van der Waals surface area contributed by atoms with Crippen LogP contribution < -0.4 is 0 Å². The van der Waals surface area contributed by atoms with Crippen molar-refractivity contribution in [2.75, 3.05) is 0 Å². The molecule has 0 unspecified atom stereocenters. The smallest absolute Gasteiger partial charge is 0.141 e. The zero-order valence-electron chi connectivity index (χ0n) is 12.5. The molecule has 0 spiro atoms. The first kappa shape index (κ1) is 13.4. The predicted molar refractivity (Wildman–Crippen MR) is 85.0 cm³/mol. The van der Waals surface area contributed by atoms with E-state index in [1.54, 1.807) is 0 Å². The topological polar surface area (TPSA) is 41.6 Å². The summed E-state index contributed by atoms with van der Waals surface area (Å²) in [6.07, 6.45) is 0. The Hall–Kier alpha value is -2.60. The van der Waals surface area contributed by atoms with Crippen LogP contribution in [0.2, 0.25) is 0 Å². The zero-order valence-corrected chi connectivity index (χ0v) is 12.5. The molecule has 0 aliphatic carbocycles. The first-order valence-corrected chi connectivity index (χ1v) is 7.12. The molecule has 0 radical (unpaired) electrons. The van der Waals surface area contributed by atoms with Crippen LogP contribution in [0.3, 0.4) is 0 Å². The molecule has 0 aliphatic heterocycles. The van der Waals surface area contributed by atoms with E-state index in [1.165, 1.54) is 11.1 Å². The van der Waals surface area contributed by atoms with Gasteiger partial charge in [0.25, 0.3) is 0 Å². The molecule has 0 N–H and O–H groups in total. The fraction of sp³-hybridized carbons (Fsp3) is 0.222. The van der Waals surface area contributed by atoms with Crippen molar-refractivity contribution in [1.82, 2.24) is 9.55 Å². The molecule has 3 heteroatoms. The van der Waals surface area contributed by atoms with Crippen LogP contribution in [0.4, 0.5) is 0 Å². The van der Waals surface area contributed by atoms with Crippen molar-refractivity contribution >= 4 is 11.0 Å². The summed E-state index contributed by atoms with van der Waals surface area (Å²) < 4.78 is 2.20. The Morgan fingerprint density at radius 1 is 1.14 bits per heavy atom. The van der Waals surface area contributed by atoms with Crippen molar-refractivity contribution in [3.05, 3.63) is 53.1 Å². The summed E-state index contributed by atoms with van der Waals surface area (Å²) in [5, 5.41) is 9.04. The van der Waals surface area contributed by atoms with E-state index >= 15 is 0 Å². The molecule has 1 heterocycles. The van der Waals surface area contributed by atoms with Crippen LogP contribution in [0, 0.1) is 25.2 Å². The van der Waals surface area contributed by atoms with Crippen LogP contribution >= 0.6 is 0 Å². The second kappa shape index (κ2) is 5.06. The summed E-state index contributed by atoms with van der Waals surface area (Å²) in [6, 6.07) is 14.3. The van der Waals surface area contributed by atoms with Crippen LogP contribution in [0.25, 0.3) is 22.4 Å². The number of aryl methyl sites for hydroxylation is 3. The molecule has 0 fully saturated rings. The molecule has 3 rings (SSSR count). The highest BCUT2D eigenvalue weighted by molar-refractivity contribution is 5.82. The van der Waals surface area contributed by atoms with Crippen molar-refractivity contribution in [2.24, 2.45) is 0 Å². The monoisotopic (exact) mass is 275 g/mol. The van der Waals surface area contributed by atoms with E-state index in [4.69, 9.17) is 10.2 Å². The fourth-order valence-electron chi connectivity index (χ4n) is 2.79. The van der Waals surface area contributed by atoms with Crippen molar-refractivity contribution in [3.8, 4) is 17.5 Å². The molecule has 3 aromatic rings. The lowest BCUT2D eigenvalue weighted by Crippen LogP contribution is -1.98. The first-order chi connectivity index (χ1) is 10.1. The van der Waals surface area contributed by atoms with Gasteiger partial charge in [0.1, 0.15) is 5.82 Å². The Balaban J connectivity index is 2.29. The Kier molecular flexibility index (Phi) is 3.23. The minimum Gasteiger partial charge on any atom is -0.324 e. The van der Waals surface area contributed by atoms with Crippen LogP contribution in [-0.4, -0.2) is 9.55 Å². The van der Waals surface area contributed by atoms with Crippen LogP contribution in [0.15, 0.2) is 36.4 Å². The van der Waals surface area contributed by atoms with Gasteiger partial charge in [-0.2, -0.15) is 5.26 Å². The number of imidazole rings is 1. The Labute approximate surface area is 124 Å². The van der Waals surface area contributed by atoms with E-state index in [1.807, 2.05) is 18.2 Å².